The first-order valence-electron chi connectivity index (χ1n) is 11.7. The van der Waals surface area contributed by atoms with Crippen LogP contribution in [0.15, 0.2) is 10.9 Å². The van der Waals surface area contributed by atoms with Crippen LogP contribution in [0.3, 0.4) is 0 Å². The molecule has 1 aliphatic carbocycles. The molecule has 0 atom stereocenters. The Hall–Kier alpha value is -2.34. The van der Waals surface area contributed by atoms with Gasteiger partial charge in [-0.15, -0.1) is 11.3 Å². The molecule has 184 valence electrons. The number of amides is 1. The van der Waals surface area contributed by atoms with Gasteiger partial charge in [-0.1, -0.05) is 0 Å². The van der Waals surface area contributed by atoms with E-state index in [1.165, 1.54) is 11.3 Å². The van der Waals surface area contributed by atoms with E-state index in [1.54, 1.807) is 0 Å². The third-order valence-electron chi connectivity index (χ3n) is 6.89. The van der Waals surface area contributed by atoms with Crippen molar-refractivity contribution in [2.24, 2.45) is 0 Å². The second kappa shape index (κ2) is 10.9. The van der Waals surface area contributed by atoms with E-state index in [0.29, 0.717) is 28.1 Å². The Bertz CT molecular complexity index is 1140. The second-order valence-corrected chi connectivity index (χ2v) is 10.7. The van der Waals surface area contributed by atoms with Crippen molar-refractivity contribution >= 4 is 34.0 Å². The zero-order valence-electron chi connectivity index (χ0n) is 20.9. The normalized spacial score (nSPS) is 18.1. The summed E-state index contributed by atoms with van der Waals surface area (Å²) in [5.74, 6) is -0.454. The average Bonchev–Trinajstić information content (AvgIpc) is 3.12. The molecule has 2 heterocycles. The number of aryl methyl sites for hydroxylation is 2. The van der Waals surface area contributed by atoms with Crippen molar-refractivity contribution < 1.29 is 4.79 Å². The number of nitriles is 1. The number of rotatable bonds is 7. The third-order valence-corrected chi connectivity index (χ3v) is 8.39. The molecule has 0 bridgehead atoms. The van der Waals surface area contributed by atoms with Crippen molar-refractivity contribution in [3.8, 4) is 6.07 Å². The van der Waals surface area contributed by atoms with Crippen molar-refractivity contribution in [2.45, 2.75) is 72.0 Å². The SMILES string of the molecule is CCN(c1sc(C#N)c(C(=O)N(Cl)Cc2c(C)cc(C)[nH]c2=O)c1C)C1CCC(N(C)C)CC1. The zero-order chi connectivity index (χ0) is 25.2. The lowest BCUT2D eigenvalue weighted by Crippen LogP contribution is -2.42. The minimum atomic E-state index is -0.454. The van der Waals surface area contributed by atoms with E-state index in [2.05, 4.69) is 41.9 Å². The van der Waals surface area contributed by atoms with E-state index in [9.17, 15) is 14.9 Å². The summed E-state index contributed by atoms with van der Waals surface area (Å²) in [6.45, 7) is 8.41. The molecule has 1 N–H and O–H groups in total. The predicted molar refractivity (Wildman–Crippen MR) is 139 cm³/mol. The average molecular weight is 504 g/mol. The molecular formula is C25H34ClN5O2S. The minimum absolute atomic E-state index is 0.0383. The van der Waals surface area contributed by atoms with Gasteiger partial charge in [0.2, 0.25) is 0 Å². The Morgan fingerprint density at radius 2 is 1.82 bits per heavy atom. The molecule has 2 aromatic rings. The number of hydrogen-bond donors (Lipinski definition) is 1. The van der Waals surface area contributed by atoms with Crippen LogP contribution in [0.4, 0.5) is 5.00 Å². The minimum Gasteiger partial charge on any atom is -0.360 e. The van der Waals surface area contributed by atoms with Gasteiger partial charge in [-0.05, 0) is 84.7 Å². The Balaban J connectivity index is 1.87. The molecule has 7 nitrogen and oxygen atoms in total. The van der Waals surface area contributed by atoms with Crippen LogP contribution in [0.1, 0.15) is 70.2 Å². The highest BCUT2D eigenvalue weighted by molar-refractivity contribution is 7.17. The number of carbonyl (C=O) groups excluding carboxylic acids is 1. The van der Waals surface area contributed by atoms with E-state index < -0.39 is 5.91 Å². The van der Waals surface area contributed by atoms with Crippen molar-refractivity contribution in [3.63, 3.8) is 0 Å². The summed E-state index contributed by atoms with van der Waals surface area (Å²) >= 11 is 7.77. The van der Waals surface area contributed by atoms with Crippen LogP contribution >= 0.6 is 23.1 Å². The van der Waals surface area contributed by atoms with Gasteiger partial charge in [-0.3, -0.25) is 9.59 Å². The number of aromatic amines is 1. The predicted octanol–water partition coefficient (Wildman–Crippen LogP) is 4.73. The first-order chi connectivity index (χ1) is 16.1. The first kappa shape index (κ1) is 26.3. The van der Waals surface area contributed by atoms with Crippen LogP contribution in [0.5, 0.6) is 0 Å². The van der Waals surface area contributed by atoms with Gasteiger partial charge in [0, 0.05) is 41.7 Å². The number of nitrogens with one attached hydrogen (secondary N) is 1. The fourth-order valence-electron chi connectivity index (χ4n) is 4.98. The van der Waals surface area contributed by atoms with Gasteiger partial charge >= 0.3 is 0 Å². The van der Waals surface area contributed by atoms with Crippen molar-refractivity contribution in [1.82, 2.24) is 14.3 Å². The number of nitrogens with zero attached hydrogens (tertiary/aromatic N) is 4. The number of anilines is 1. The van der Waals surface area contributed by atoms with E-state index >= 15 is 0 Å². The Kier molecular flexibility index (Phi) is 8.45. The summed E-state index contributed by atoms with van der Waals surface area (Å²) < 4.78 is 1.02. The molecule has 1 amide bonds. The molecule has 1 saturated carbocycles. The van der Waals surface area contributed by atoms with E-state index in [4.69, 9.17) is 11.8 Å². The van der Waals surface area contributed by atoms with E-state index in [1.807, 2.05) is 26.8 Å². The maximum Gasteiger partial charge on any atom is 0.271 e. The van der Waals surface area contributed by atoms with Gasteiger partial charge < -0.3 is 14.8 Å². The number of thiophene rings is 1. The van der Waals surface area contributed by atoms with Gasteiger partial charge in [-0.2, -0.15) is 5.26 Å². The largest absolute Gasteiger partial charge is 0.360 e. The van der Waals surface area contributed by atoms with Crippen LogP contribution < -0.4 is 10.5 Å². The molecule has 0 unspecified atom stereocenters. The van der Waals surface area contributed by atoms with E-state index in [0.717, 1.165) is 58.5 Å². The Labute approximate surface area is 211 Å². The smallest absolute Gasteiger partial charge is 0.271 e. The number of hydrogen-bond acceptors (Lipinski definition) is 6. The molecule has 34 heavy (non-hydrogen) atoms. The molecule has 0 aromatic carbocycles. The maximum absolute atomic E-state index is 13.4. The van der Waals surface area contributed by atoms with Crippen LogP contribution in [-0.2, 0) is 6.54 Å². The van der Waals surface area contributed by atoms with Crippen LogP contribution in [0.2, 0.25) is 0 Å². The lowest BCUT2D eigenvalue weighted by atomic mass is 9.89. The summed E-state index contributed by atoms with van der Waals surface area (Å²) in [6.07, 6.45) is 4.43. The molecular weight excluding hydrogens is 470 g/mol. The number of carbonyl (C=O) groups is 1. The lowest BCUT2D eigenvalue weighted by molar-refractivity contribution is 0.0856. The van der Waals surface area contributed by atoms with Gasteiger partial charge in [0.1, 0.15) is 10.9 Å². The number of halogens is 1. The van der Waals surface area contributed by atoms with Crippen LogP contribution in [0, 0.1) is 32.1 Å². The molecule has 0 saturated heterocycles. The lowest BCUT2D eigenvalue weighted by Gasteiger charge is -2.39. The topological polar surface area (TPSA) is 83.4 Å². The molecule has 0 radical (unpaired) electrons. The van der Waals surface area contributed by atoms with Gasteiger partial charge in [0.15, 0.2) is 0 Å². The summed E-state index contributed by atoms with van der Waals surface area (Å²) in [7, 11) is 4.26. The summed E-state index contributed by atoms with van der Waals surface area (Å²) in [5, 5.41) is 10.8. The number of aromatic nitrogens is 1. The first-order valence-corrected chi connectivity index (χ1v) is 12.9. The molecule has 1 fully saturated rings. The maximum atomic E-state index is 13.4. The van der Waals surface area contributed by atoms with Gasteiger partial charge in [0.05, 0.1) is 17.1 Å². The van der Waals surface area contributed by atoms with Crippen molar-refractivity contribution in [1.29, 1.82) is 5.26 Å². The number of H-pyrrole nitrogens is 1. The van der Waals surface area contributed by atoms with Gasteiger partial charge in [0.25, 0.3) is 11.5 Å². The van der Waals surface area contributed by atoms with Crippen LogP contribution in [0.25, 0.3) is 0 Å². The quantitative estimate of drug-likeness (QED) is 0.552. The van der Waals surface area contributed by atoms with E-state index in [-0.39, 0.29) is 12.1 Å². The molecule has 3 rings (SSSR count). The van der Waals surface area contributed by atoms with Crippen LogP contribution in [-0.4, -0.2) is 52.9 Å². The Morgan fingerprint density at radius 3 is 2.35 bits per heavy atom. The molecule has 2 aromatic heterocycles. The summed E-state index contributed by atoms with van der Waals surface area (Å²) in [4.78, 5) is 33.5. The van der Waals surface area contributed by atoms with Crippen molar-refractivity contribution in [3.05, 3.63) is 49.2 Å². The van der Waals surface area contributed by atoms with Crippen molar-refractivity contribution in [2.75, 3.05) is 25.5 Å². The monoisotopic (exact) mass is 503 g/mol. The zero-order valence-corrected chi connectivity index (χ0v) is 22.4. The summed E-state index contributed by atoms with van der Waals surface area (Å²) in [6, 6.07) is 5.04. The highest BCUT2D eigenvalue weighted by Crippen LogP contribution is 2.39. The molecule has 1 aliphatic rings. The second-order valence-electron chi connectivity index (χ2n) is 9.33. The third kappa shape index (κ3) is 5.32. The Morgan fingerprint density at radius 1 is 1.21 bits per heavy atom. The highest BCUT2D eigenvalue weighted by atomic mass is 35.5. The highest BCUT2D eigenvalue weighted by Gasteiger charge is 2.32. The standard InChI is InChI=1S/C25H34ClN5O2S/c1-7-30(19-10-8-18(9-11-19)29(5)6)25-17(4)22(21(13-27)34-25)24(33)31(26)14-20-15(2)12-16(3)28-23(20)32/h12,18-19H,7-11,14H2,1-6H3,(H,28,32). The fourth-order valence-corrected chi connectivity index (χ4v) is 6.41. The summed E-state index contributed by atoms with van der Waals surface area (Å²) in [5.41, 5.74) is 2.82. The molecule has 9 heteroatoms. The molecule has 0 spiro atoms. The number of pyridine rings is 1. The molecule has 0 aliphatic heterocycles. The van der Waals surface area contributed by atoms with Gasteiger partial charge in [-0.25, -0.2) is 4.42 Å². The fraction of sp³-hybridized carbons (Fsp3) is 0.560.